The van der Waals surface area contributed by atoms with Crippen LogP contribution in [0.4, 0.5) is 5.82 Å². The fourth-order valence-corrected chi connectivity index (χ4v) is 3.65. The zero-order chi connectivity index (χ0) is 23.5. The van der Waals surface area contributed by atoms with E-state index in [0.717, 1.165) is 10.9 Å². The minimum absolute atomic E-state index is 0.104. The second kappa shape index (κ2) is 9.30. The molecular weight excluding hydrogens is 444 g/mol. The highest BCUT2D eigenvalue weighted by Gasteiger charge is 2.23. The first kappa shape index (κ1) is 22.3. The number of anilines is 1. The van der Waals surface area contributed by atoms with E-state index in [4.69, 9.17) is 26.1 Å². The molecule has 0 saturated heterocycles. The molecule has 168 valence electrons. The summed E-state index contributed by atoms with van der Waals surface area (Å²) in [6, 6.07) is 14.0. The molecule has 9 heteroatoms. The number of hydrogen-bond acceptors (Lipinski definition) is 6. The van der Waals surface area contributed by atoms with Gasteiger partial charge in [0.15, 0.2) is 11.6 Å². The van der Waals surface area contributed by atoms with Crippen LogP contribution in [0.5, 0.6) is 5.75 Å². The average molecular weight is 465 g/mol. The maximum absolute atomic E-state index is 13.0. The van der Waals surface area contributed by atoms with Crippen LogP contribution in [0.25, 0.3) is 16.7 Å². The summed E-state index contributed by atoms with van der Waals surface area (Å²) in [6.07, 6.45) is 1.34. The molecule has 2 heterocycles. The number of halogens is 1. The number of aryl methyl sites for hydroxylation is 1. The molecule has 0 saturated carbocycles. The maximum atomic E-state index is 13.0. The van der Waals surface area contributed by atoms with Gasteiger partial charge in [-0.05, 0) is 49.7 Å². The Morgan fingerprint density at radius 2 is 1.94 bits per heavy atom. The first-order valence-electron chi connectivity index (χ1n) is 10.2. The molecule has 0 fully saturated rings. The number of nitrogens with one attached hydrogen (secondary N) is 1. The van der Waals surface area contributed by atoms with Crippen molar-refractivity contribution in [3.05, 3.63) is 76.4 Å². The van der Waals surface area contributed by atoms with Crippen molar-refractivity contribution in [1.29, 1.82) is 0 Å². The highest BCUT2D eigenvalue weighted by atomic mass is 35.5. The quantitative estimate of drug-likeness (QED) is 0.411. The van der Waals surface area contributed by atoms with E-state index in [1.54, 1.807) is 32.2 Å². The van der Waals surface area contributed by atoms with Gasteiger partial charge in [0.25, 0.3) is 5.91 Å². The Labute approximate surface area is 195 Å². The summed E-state index contributed by atoms with van der Waals surface area (Å²) in [5, 5.41) is 8.43. The third-order valence-corrected chi connectivity index (χ3v) is 5.25. The standard InChI is InChI=1S/C24H21ClN4O4/c1-4-33-24(31)18-13-26-29(22(18)28-23(30)15-7-5-8-16(25)12-15)20-11-14(2)17-9-6-10-19(32-3)21(17)27-20/h5-13H,4H2,1-3H3,(H,28,30). The van der Waals surface area contributed by atoms with Gasteiger partial charge in [-0.15, -0.1) is 0 Å². The van der Waals surface area contributed by atoms with Gasteiger partial charge in [-0.25, -0.2) is 9.78 Å². The normalized spacial score (nSPS) is 10.8. The molecule has 0 bridgehead atoms. The SMILES string of the molecule is CCOC(=O)c1cnn(-c2cc(C)c3cccc(OC)c3n2)c1NC(=O)c1cccc(Cl)c1. The molecule has 2 aromatic carbocycles. The number of benzene rings is 2. The lowest BCUT2D eigenvalue weighted by Crippen LogP contribution is -2.18. The number of aromatic nitrogens is 3. The van der Waals surface area contributed by atoms with Crippen molar-refractivity contribution in [1.82, 2.24) is 14.8 Å². The van der Waals surface area contributed by atoms with Gasteiger partial charge in [0.2, 0.25) is 0 Å². The van der Waals surface area contributed by atoms with Gasteiger partial charge < -0.3 is 14.8 Å². The first-order valence-corrected chi connectivity index (χ1v) is 10.6. The highest BCUT2D eigenvalue weighted by Crippen LogP contribution is 2.29. The van der Waals surface area contributed by atoms with Gasteiger partial charge in [-0.2, -0.15) is 9.78 Å². The highest BCUT2D eigenvalue weighted by molar-refractivity contribution is 6.31. The van der Waals surface area contributed by atoms with Crippen molar-refractivity contribution in [3.63, 3.8) is 0 Å². The molecule has 4 aromatic rings. The molecule has 2 aromatic heterocycles. The fourth-order valence-electron chi connectivity index (χ4n) is 3.46. The molecule has 0 aliphatic rings. The molecule has 33 heavy (non-hydrogen) atoms. The van der Waals surface area contributed by atoms with Gasteiger partial charge >= 0.3 is 5.97 Å². The average Bonchev–Trinajstić information content (AvgIpc) is 3.22. The lowest BCUT2D eigenvalue weighted by atomic mass is 10.1. The number of fused-ring (bicyclic) bond motifs is 1. The first-order chi connectivity index (χ1) is 15.9. The zero-order valence-corrected chi connectivity index (χ0v) is 19.0. The third kappa shape index (κ3) is 4.38. The number of rotatable bonds is 6. The summed E-state index contributed by atoms with van der Waals surface area (Å²) in [5.74, 6) is 0.0703. The molecular formula is C24H21ClN4O4. The second-order valence-corrected chi connectivity index (χ2v) is 7.59. The van der Waals surface area contributed by atoms with E-state index in [1.807, 2.05) is 31.2 Å². The predicted octanol–water partition coefficient (Wildman–Crippen LogP) is 4.82. The lowest BCUT2D eigenvalue weighted by Gasteiger charge is -2.13. The van der Waals surface area contributed by atoms with Gasteiger partial charge in [-0.1, -0.05) is 29.8 Å². The van der Waals surface area contributed by atoms with Crippen LogP contribution in [-0.4, -0.2) is 40.4 Å². The monoisotopic (exact) mass is 464 g/mol. The number of para-hydroxylation sites is 1. The summed E-state index contributed by atoms with van der Waals surface area (Å²) in [6.45, 7) is 3.82. The number of hydrogen-bond donors (Lipinski definition) is 1. The van der Waals surface area contributed by atoms with Crippen LogP contribution in [-0.2, 0) is 4.74 Å². The Morgan fingerprint density at radius 3 is 2.67 bits per heavy atom. The molecule has 0 radical (unpaired) electrons. The Kier molecular flexibility index (Phi) is 6.28. The predicted molar refractivity (Wildman–Crippen MR) is 126 cm³/mol. The van der Waals surface area contributed by atoms with E-state index in [2.05, 4.69) is 10.4 Å². The number of carbonyl (C=O) groups excluding carboxylic acids is 2. The molecule has 8 nitrogen and oxygen atoms in total. The van der Waals surface area contributed by atoms with Crippen molar-refractivity contribution in [2.24, 2.45) is 0 Å². The van der Waals surface area contributed by atoms with Crippen molar-refractivity contribution in [2.75, 3.05) is 19.0 Å². The number of amides is 1. The van der Waals surface area contributed by atoms with Crippen molar-refractivity contribution in [3.8, 4) is 11.6 Å². The van der Waals surface area contributed by atoms with E-state index < -0.39 is 11.9 Å². The van der Waals surface area contributed by atoms with E-state index in [0.29, 0.717) is 27.7 Å². The van der Waals surface area contributed by atoms with Crippen LogP contribution in [0.3, 0.4) is 0 Å². The molecule has 0 unspecified atom stereocenters. The molecule has 0 spiro atoms. The van der Waals surface area contributed by atoms with Crippen molar-refractivity contribution < 1.29 is 19.1 Å². The maximum Gasteiger partial charge on any atom is 0.343 e. The number of esters is 1. The van der Waals surface area contributed by atoms with Gasteiger partial charge in [0.1, 0.15) is 16.8 Å². The number of ether oxygens (including phenoxy) is 2. The van der Waals surface area contributed by atoms with Crippen LogP contribution >= 0.6 is 11.6 Å². The molecule has 0 atom stereocenters. The largest absolute Gasteiger partial charge is 0.494 e. The smallest absolute Gasteiger partial charge is 0.343 e. The second-order valence-electron chi connectivity index (χ2n) is 7.16. The Bertz CT molecular complexity index is 1370. The third-order valence-electron chi connectivity index (χ3n) is 5.02. The summed E-state index contributed by atoms with van der Waals surface area (Å²) < 4.78 is 12.0. The lowest BCUT2D eigenvalue weighted by molar-refractivity contribution is 0.0527. The van der Waals surface area contributed by atoms with Gasteiger partial charge in [0, 0.05) is 16.0 Å². The molecule has 0 aliphatic heterocycles. The molecule has 0 aliphatic carbocycles. The van der Waals surface area contributed by atoms with Crippen LogP contribution in [0, 0.1) is 6.92 Å². The summed E-state index contributed by atoms with van der Waals surface area (Å²) in [5.41, 5.74) is 1.99. The number of pyridine rings is 1. The minimum atomic E-state index is -0.611. The number of carbonyl (C=O) groups is 2. The van der Waals surface area contributed by atoms with Crippen LogP contribution in [0.2, 0.25) is 5.02 Å². The van der Waals surface area contributed by atoms with Crippen LogP contribution in [0.1, 0.15) is 33.2 Å². The Balaban J connectivity index is 1.85. The zero-order valence-electron chi connectivity index (χ0n) is 18.3. The minimum Gasteiger partial charge on any atom is -0.494 e. The molecule has 1 amide bonds. The Hall–Kier alpha value is -3.91. The van der Waals surface area contributed by atoms with Crippen LogP contribution in [0.15, 0.2) is 54.7 Å². The Morgan fingerprint density at radius 1 is 1.15 bits per heavy atom. The summed E-state index contributed by atoms with van der Waals surface area (Å²) in [7, 11) is 1.57. The number of nitrogens with zero attached hydrogens (tertiary/aromatic N) is 3. The van der Waals surface area contributed by atoms with E-state index >= 15 is 0 Å². The van der Waals surface area contributed by atoms with Crippen molar-refractivity contribution >= 4 is 40.2 Å². The molecule has 1 N–H and O–H groups in total. The van der Waals surface area contributed by atoms with Gasteiger partial charge in [-0.3, -0.25) is 4.79 Å². The van der Waals surface area contributed by atoms with Crippen LogP contribution < -0.4 is 10.1 Å². The van der Waals surface area contributed by atoms with Crippen molar-refractivity contribution in [2.45, 2.75) is 13.8 Å². The number of methoxy groups -OCH3 is 1. The van der Waals surface area contributed by atoms with E-state index in [9.17, 15) is 9.59 Å². The topological polar surface area (TPSA) is 95.3 Å². The van der Waals surface area contributed by atoms with E-state index in [-0.39, 0.29) is 18.0 Å². The van der Waals surface area contributed by atoms with Gasteiger partial charge in [0.05, 0.1) is 19.9 Å². The fraction of sp³-hybridized carbons (Fsp3) is 0.167. The summed E-state index contributed by atoms with van der Waals surface area (Å²) in [4.78, 5) is 30.2. The summed E-state index contributed by atoms with van der Waals surface area (Å²) >= 11 is 6.03. The molecule has 4 rings (SSSR count). The van der Waals surface area contributed by atoms with E-state index in [1.165, 1.54) is 16.9 Å².